The van der Waals surface area contributed by atoms with E-state index < -0.39 is 9.84 Å². The first-order chi connectivity index (χ1) is 9.45. The summed E-state index contributed by atoms with van der Waals surface area (Å²) in [4.78, 5) is 13.9. The van der Waals surface area contributed by atoms with Crippen LogP contribution in [0.3, 0.4) is 0 Å². The van der Waals surface area contributed by atoms with Gasteiger partial charge in [-0.2, -0.15) is 15.0 Å². The van der Waals surface area contributed by atoms with E-state index in [1.54, 1.807) is 11.9 Å². The zero-order valence-corrected chi connectivity index (χ0v) is 12.2. The van der Waals surface area contributed by atoms with Gasteiger partial charge < -0.3 is 9.64 Å². The fourth-order valence-corrected chi connectivity index (χ4v) is 3.78. The first kappa shape index (κ1) is 14.7. The summed E-state index contributed by atoms with van der Waals surface area (Å²) >= 11 is 0. The Morgan fingerprint density at radius 3 is 2.75 bits per heavy atom. The van der Waals surface area contributed by atoms with Crippen LogP contribution in [0.4, 0.5) is 11.9 Å². The van der Waals surface area contributed by atoms with Crippen molar-refractivity contribution in [2.24, 2.45) is 5.84 Å². The van der Waals surface area contributed by atoms with Crippen LogP contribution in [0.1, 0.15) is 13.3 Å². The highest BCUT2D eigenvalue weighted by Crippen LogP contribution is 2.22. The van der Waals surface area contributed by atoms with Gasteiger partial charge in [-0.1, -0.05) is 0 Å². The third-order valence-electron chi connectivity index (χ3n) is 3.08. The Balaban J connectivity index is 2.24. The molecule has 0 spiro atoms. The van der Waals surface area contributed by atoms with E-state index in [1.165, 1.54) is 0 Å². The Bertz CT molecular complexity index is 578. The number of sulfone groups is 1. The Morgan fingerprint density at radius 1 is 1.45 bits per heavy atom. The lowest BCUT2D eigenvalue weighted by molar-refractivity contribution is 0.312. The minimum atomic E-state index is -2.97. The lowest BCUT2D eigenvalue weighted by atomic mass is 10.2. The number of nitrogens with one attached hydrogen (secondary N) is 1. The number of anilines is 2. The highest BCUT2D eigenvalue weighted by atomic mass is 32.2. The van der Waals surface area contributed by atoms with Crippen LogP contribution in [-0.4, -0.2) is 54.6 Å². The van der Waals surface area contributed by atoms with Crippen molar-refractivity contribution >= 4 is 21.7 Å². The fourth-order valence-electron chi connectivity index (χ4n) is 2.01. The molecule has 0 amide bonds. The van der Waals surface area contributed by atoms with Crippen LogP contribution in [0.25, 0.3) is 0 Å². The number of aromatic nitrogens is 3. The van der Waals surface area contributed by atoms with Crippen molar-refractivity contribution in [1.29, 1.82) is 0 Å². The van der Waals surface area contributed by atoms with Crippen molar-refractivity contribution in [3.8, 4) is 6.01 Å². The van der Waals surface area contributed by atoms with E-state index in [-0.39, 0.29) is 29.5 Å². The van der Waals surface area contributed by atoms with Gasteiger partial charge in [0.15, 0.2) is 9.84 Å². The summed E-state index contributed by atoms with van der Waals surface area (Å²) in [7, 11) is -1.22. The molecule has 2 rings (SSSR count). The summed E-state index contributed by atoms with van der Waals surface area (Å²) in [6.07, 6.45) is 0.555. The maximum atomic E-state index is 11.5. The number of hydrazine groups is 1. The molecule has 10 heteroatoms. The van der Waals surface area contributed by atoms with Crippen LogP contribution in [-0.2, 0) is 9.84 Å². The van der Waals surface area contributed by atoms with Crippen molar-refractivity contribution in [1.82, 2.24) is 15.0 Å². The summed E-state index contributed by atoms with van der Waals surface area (Å²) in [5.74, 6) is 6.10. The smallest absolute Gasteiger partial charge is 0.323 e. The molecule has 1 fully saturated rings. The van der Waals surface area contributed by atoms with Crippen molar-refractivity contribution < 1.29 is 13.2 Å². The van der Waals surface area contributed by atoms with E-state index in [0.29, 0.717) is 19.0 Å². The average Bonchev–Trinajstić information content (AvgIpc) is 2.78. The Labute approximate surface area is 117 Å². The van der Waals surface area contributed by atoms with Gasteiger partial charge in [-0.05, 0) is 13.3 Å². The van der Waals surface area contributed by atoms with E-state index in [0.717, 1.165) is 0 Å². The predicted molar refractivity (Wildman–Crippen MR) is 74.3 cm³/mol. The van der Waals surface area contributed by atoms with Crippen molar-refractivity contribution in [2.45, 2.75) is 19.4 Å². The molecule has 1 aromatic heterocycles. The molecule has 3 N–H and O–H groups in total. The molecule has 0 aromatic carbocycles. The summed E-state index contributed by atoms with van der Waals surface area (Å²) in [5.41, 5.74) is 2.34. The van der Waals surface area contributed by atoms with Crippen LogP contribution in [0, 0.1) is 0 Å². The van der Waals surface area contributed by atoms with E-state index in [4.69, 9.17) is 10.6 Å². The molecule has 20 heavy (non-hydrogen) atoms. The molecule has 0 saturated carbocycles. The van der Waals surface area contributed by atoms with Gasteiger partial charge in [0.05, 0.1) is 18.1 Å². The summed E-state index contributed by atoms with van der Waals surface area (Å²) in [5, 5.41) is 0. The van der Waals surface area contributed by atoms with Gasteiger partial charge in [-0.3, -0.25) is 5.43 Å². The van der Waals surface area contributed by atoms with Crippen molar-refractivity contribution in [3.05, 3.63) is 0 Å². The Hall–Kier alpha value is -1.68. The van der Waals surface area contributed by atoms with E-state index >= 15 is 0 Å². The topological polar surface area (TPSA) is 123 Å². The SMILES string of the molecule is CCOc1nc(NN)nc(N(C)C2CCS(=O)(=O)C2)n1. The molecule has 1 aromatic rings. The maximum absolute atomic E-state index is 11.5. The summed E-state index contributed by atoms with van der Waals surface area (Å²) in [6, 6.07) is 0.000607. The van der Waals surface area contributed by atoms with E-state index in [2.05, 4.69) is 20.4 Å². The molecule has 1 saturated heterocycles. The number of ether oxygens (including phenoxy) is 1. The monoisotopic (exact) mass is 302 g/mol. The second kappa shape index (κ2) is 5.75. The lowest BCUT2D eigenvalue weighted by Gasteiger charge is -2.23. The highest BCUT2D eigenvalue weighted by Gasteiger charge is 2.32. The molecular weight excluding hydrogens is 284 g/mol. The molecule has 112 valence electrons. The van der Waals surface area contributed by atoms with Crippen molar-refractivity contribution in [2.75, 3.05) is 35.5 Å². The van der Waals surface area contributed by atoms with Gasteiger partial charge >= 0.3 is 6.01 Å². The van der Waals surface area contributed by atoms with Gasteiger partial charge in [-0.25, -0.2) is 14.3 Å². The minimum absolute atomic E-state index is 0.102. The molecular formula is C10H18N6O3S. The number of hydrogen-bond donors (Lipinski definition) is 2. The average molecular weight is 302 g/mol. The second-order valence-corrected chi connectivity index (χ2v) is 6.72. The minimum Gasteiger partial charge on any atom is -0.464 e. The quantitative estimate of drug-likeness (QED) is 0.530. The van der Waals surface area contributed by atoms with Crippen LogP contribution in [0.15, 0.2) is 0 Å². The van der Waals surface area contributed by atoms with E-state index in [9.17, 15) is 8.42 Å². The normalized spacial score (nSPS) is 20.6. The van der Waals surface area contributed by atoms with Gasteiger partial charge in [0, 0.05) is 13.1 Å². The molecule has 9 nitrogen and oxygen atoms in total. The van der Waals surface area contributed by atoms with Crippen LogP contribution < -0.4 is 20.9 Å². The zero-order valence-electron chi connectivity index (χ0n) is 11.4. The van der Waals surface area contributed by atoms with Gasteiger partial charge in [-0.15, -0.1) is 0 Å². The predicted octanol–water partition coefficient (Wildman–Crippen LogP) is -0.821. The molecule has 0 aliphatic carbocycles. The third-order valence-corrected chi connectivity index (χ3v) is 4.83. The first-order valence-electron chi connectivity index (χ1n) is 6.24. The molecule has 2 heterocycles. The molecule has 1 aliphatic heterocycles. The van der Waals surface area contributed by atoms with Gasteiger partial charge in [0.2, 0.25) is 11.9 Å². The molecule has 1 unspecified atom stereocenters. The fraction of sp³-hybridized carbons (Fsp3) is 0.700. The van der Waals surface area contributed by atoms with Crippen LogP contribution in [0.2, 0.25) is 0 Å². The zero-order chi connectivity index (χ0) is 14.8. The number of nitrogens with two attached hydrogens (primary N) is 1. The van der Waals surface area contributed by atoms with Crippen molar-refractivity contribution in [3.63, 3.8) is 0 Å². The maximum Gasteiger partial charge on any atom is 0.323 e. The Kier molecular flexibility index (Phi) is 4.23. The van der Waals surface area contributed by atoms with Gasteiger partial charge in [0.25, 0.3) is 0 Å². The molecule has 0 bridgehead atoms. The summed E-state index contributed by atoms with van der Waals surface area (Å²) < 4.78 is 28.3. The molecule has 1 atom stereocenters. The second-order valence-electron chi connectivity index (χ2n) is 4.49. The first-order valence-corrected chi connectivity index (χ1v) is 8.06. The highest BCUT2D eigenvalue weighted by molar-refractivity contribution is 7.91. The van der Waals surface area contributed by atoms with Crippen LogP contribution in [0.5, 0.6) is 6.01 Å². The number of hydrogen-bond acceptors (Lipinski definition) is 9. The largest absolute Gasteiger partial charge is 0.464 e. The molecule has 0 radical (unpaired) electrons. The van der Waals surface area contributed by atoms with E-state index in [1.807, 2.05) is 6.92 Å². The lowest BCUT2D eigenvalue weighted by Crippen LogP contribution is -2.34. The number of nitrogens with zero attached hydrogens (tertiary/aromatic N) is 4. The third kappa shape index (κ3) is 3.25. The van der Waals surface area contributed by atoms with Gasteiger partial charge in [0.1, 0.15) is 0 Å². The number of rotatable bonds is 5. The number of nitrogen functional groups attached to an aromatic ring is 1. The standard InChI is InChI=1S/C10H18N6O3S/c1-3-19-10-13-8(15-11)12-9(14-10)16(2)7-4-5-20(17,18)6-7/h7H,3-6,11H2,1-2H3,(H,12,13,14,15). The summed E-state index contributed by atoms with van der Waals surface area (Å²) in [6.45, 7) is 2.22. The Morgan fingerprint density at radius 2 is 2.20 bits per heavy atom. The molecule has 1 aliphatic rings. The van der Waals surface area contributed by atoms with Crippen LogP contribution >= 0.6 is 0 Å².